The minimum absolute atomic E-state index is 0.295. The third kappa shape index (κ3) is 16.8. The van der Waals surface area contributed by atoms with Gasteiger partial charge in [0.2, 0.25) is 0 Å². The van der Waals surface area contributed by atoms with E-state index in [4.69, 9.17) is 0 Å². The maximum atomic E-state index is 10.9. The summed E-state index contributed by atoms with van der Waals surface area (Å²) in [4.78, 5) is 4.43. The highest BCUT2D eigenvalue weighted by Gasteiger charge is 2.22. The number of nitrogens with zero attached hydrogens (tertiary/aromatic N) is 4. The van der Waals surface area contributed by atoms with Gasteiger partial charge in [-0.3, -0.25) is 0 Å². The van der Waals surface area contributed by atoms with Gasteiger partial charge in [-0.1, -0.05) is 182 Å². The fraction of sp³-hybridized carbons (Fsp3) is 0.200. The standard InChI is InChI=1S/C80H88N4/c1-17-31-39-59(15)77(61(25-9)33-19-3)79(63(27-11)35-21-5)67-45-53-73(54-46-67)83(69(29-13)37-23-7)71-49-41-65(42-50-71)75(57-81)76(58-82)66-43-51-72(52-44-66)84(70(30-14)38-24-8)74-55-47-68(48-56-74)80(64(28-12)36-22-6)78(60(16)40-32-18-2)62(26-10)34-20-4/h17-56H,1-16H3/b31-17-,32-18-,33-19-,34-20-,35-21-,36-22-,37-23-,38-24-,59-39+,60-40+,61-25-,62-26+,63-27+,64-28+,69-29+,70-30+,76-75+,79-77+,80-78+. The van der Waals surface area contributed by atoms with Crippen molar-refractivity contribution in [1.29, 1.82) is 10.5 Å². The van der Waals surface area contributed by atoms with E-state index in [0.717, 1.165) is 101 Å². The topological polar surface area (TPSA) is 54.1 Å². The molecule has 0 aliphatic carbocycles. The van der Waals surface area contributed by atoms with Crippen molar-refractivity contribution < 1.29 is 0 Å². The van der Waals surface area contributed by atoms with E-state index in [1.165, 1.54) is 0 Å². The van der Waals surface area contributed by atoms with Gasteiger partial charge < -0.3 is 9.80 Å². The Morgan fingerprint density at radius 3 is 0.810 bits per heavy atom. The van der Waals surface area contributed by atoms with Crippen molar-refractivity contribution in [2.24, 2.45) is 0 Å². The minimum Gasteiger partial charge on any atom is -0.311 e. The van der Waals surface area contributed by atoms with Crippen LogP contribution in [0.1, 0.15) is 133 Å². The molecule has 4 heteroatoms. The summed E-state index contributed by atoms with van der Waals surface area (Å²) >= 11 is 0. The first-order valence-electron chi connectivity index (χ1n) is 29.3. The fourth-order valence-electron chi connectivity index (χ4n) is 10.2. The minimum atomic E-state index is 0.295. The number of rotatable bonds is 24. The first-order chi connectivity index (χ1) is 40.9. The summed E-state index contributed by atoms with van der Waals surface area (Å²) in [5.41, 5.74) is 21.2. The lowest BCUT2D eigenvalue weighted by Crippen LogP contribution is -2.15. The van der Waals surface area contributed by atoms with Gasteiger partial charge in [0.05, 0.1) is 11.1 Å². The highest BCUT2D eigenvalue weighted by molar-refractivity contribution is 6.03. The van der Waals surface area contributed by atoms with Crippen molar-refractivity contribution in [2.75, 3.05) is 9.80 Å². The smallest absolute Gasteiger partial charge is 0.101 e. The summed E-state index contributed by atoms with van der Waals surface area (Å²) in [7, 11) is 0. The van der Waals surface area contributed by atoms with E-state index < -0.39 is 0 Å². The zero-order chi connectivity index (χ0) is 61.6. The molecule has 0 radical (unpaired) electrons. The van der Waals surface area contributed by atoms with Crippen LogP contribution in [0.5, 0.6) is 0 Å². The molecule has 0 spiro atoms. The maximum absolute atomic E-state index is 10.9. The van der Waals surface area contributed by atoms with Gasteiger partial charge in [-0.15, -0.1) is 0 Å². The average molecular weight is 1110 g/mol. The summed E-state index contributed by atoms with van der Waals surface area (Å²) < 4.78 is 0. The second-order valence-corrected chi connectivity index (χ2v) is 19.5. The van der Waals surface area contributed by atoms with Crippen molar-refractivity contribution in [3.63, 3.8) is 0 Å². The lowest BCUT2D eigenvalue weighted by Gasteiger charge is -2.27. The normalized spacial score (nSPS) is 14.9. The van der Waals surface area contributed by atoms with Crippen LogP contribution >= 0.6 is 0 Å². The SMILES string of the molecule is C\C=C/C=C(C)/C(C(/C=C\C)=C\C)=C(C(/C=C\C)=C/C)\c1ccc(N(C(/C=C\C)=C/C)c2ccc(/C(C#N)=C(\C#N)c3ccc(N(C(/C=C\C)=C/C)c4ccc(C(=C(C(\C)=C\C=C/C)/C(/C=C\C)=C/C)/C(/C=C\C)=C/C)cc4)cc3)cc2)cc1. The number of hydrogen-bond acceptors (Lipinski definition) is 4. The van der Waals surface area contributed by atoms with Gasteiger partial charge in [-0.05, 0) is 249 Å². The molecule has 0 bridgehead atoms. The van der Waals surface area contributed by atoms with E-state index in [0.29, 0.717) is 22.3 Å². The van der Waals surface area contributed by atoms with Crippen LogP contribution < -0.4 is 9.80 Å². The average Bonchev–Trinajstić information content (AvgIpc) is 2.51. The Labute approximate surface area is 506 Å². The van der Waals surface area contributed by atoms with Crippen molar-refractivity contribution in [3.8, 4) is 12.1 Å². The van der Waals surface area contributed by atoms with Crippen LogP contribution in [0.25, 0.3) is 22.3 Å². The van der Waals surface area contributed by atoms with E-state index in [9.17, 15) is 10.5 Å². The number of nitriles is 2. The van der Waals surface area contributed by atoms with E-state index >= 15 is 0 Å². The molecule has 4 rings (SSSR count). The van der Waals surface area contributed by atoms with E-state index in [2.05, 4.69) is 273 Å². The van der Waals surface area contributed by atoms with Crippen molar-refractivity contribution in [1.82, 2.24) is 0 Å². The molecule has 0 amide bonds. The van der Waals surface area contributed by atoms with Crippen LogP contribution in [-0.4, -0.2) is 0 Å². The molecule has 0 aliphatic rings. The Bertz CT molecular complexity index is 3360. The zero-order valence-electron chi connectivity index (χ0n) is 52.9. The molecule has 0 saturated carbocycles. The van der Waals surface area contributed by atoms with Gasteiger partial charge >= 0.3 is 0 Å². The zero-order valence-corrected chi connectivity index (χ0v) is 52.9. The summed E-state index contributed by atoms with van der Waals surface area (Å²) in [5.74, 6) is 0. The molecule has 4 aromatic rings. The van der Waals surface area contributed by atoms with Crippen LogP contribution in [0.2, 0.25) is 0 Å². The number of hydrogen-bond donors (Lipinski definition) is 0. The van der Waals surface area contributed by atoms with Crippen LogP contribution in [-0.2, 0) is 0 Å². The van der Waals surface area contributed by atoms with Crippen LogP contribution in [0.4, 0.5) is 22.7 Å². The fourth-order valence-corrected chi connectivity index (χ4v) is 10.2. The molecule has 0 fully saturated rings. The summed E-state index contributed by atoms with van der Waals surface area (Å²) in [6.07, 6.45) is 50.9. The third-order valence-electron chi connectivity index (χ3n) is 14.1. The highest BCUT2D eigenvalue weighted by Crippen LogP contribution is 2.41. The maximum Gasteiger partial charge on any atom is 0.101 e. The molecule has 0 saturated heterocycles. The molecule has 4 aromatic carbocycles. The molecule has 0 N–H and O–H groups in total. The van der Waals surface area contributed by atoms with Gasteiger partial charge in [0.1, 0.15) is 12.1 Å². The van der Waals surface area contributed by atoms with Gasteiger partial charge in [0.15, 0.2) is 0 Å². The Morgan fingerprint density at radius 2 is 0.583 bits per heavy atom. The van der Waals surface area contributed by atoms with Crippen LogP contribution in [0.3, 0.4) is 0 Å². The molecule has 428 valence electrons. The summed E-state index contributed by atoms with van der Waals surface area (Å²) in [5, 5.41) is 21.7. The van der Waals surface area contributed by atoms with Gasteiger partial charge in [0.25, 0.3) is 0 Å². The van der Waals surface area contributed by atoms with Crippen LogP contribution in [0, 0.1) is 22.7 Å². The molecule has 84 heavy (non-hydrogen) atoms. The van der Waals surface area contributed by atoms with Crippen molar-refractivity contribution in [2.45, 2.75) is 111 Å². The molecule has 0 unspecified atom stereocenters. The van der Waals surface area contributed by atoms with Crippen molar-refractivity contribution in [3.05, 3.63) is 321 Å². The lowest BCUT2D eigenvalue weighted by atomic mass is 9.84. The highest BCUT2D eigenvalue weighted by atomic mass is 15.2. The quantitative estimate of drug-likeness (QED) is 0.0399. The molecule has 0 atom stereocenters. The number of anilines is 4. The first kappa shape index (κ1) is 67.0. The third-order valence-corrected chi connectivity index (χ3v) is 14.1. The molecule has 0 heterocycles. The molecular formula is C80H88N4. The molecule has 0 aliphatic heterocycles. The second kappa shape index (κ2) is 35.4. The molecule has 0 aromatic heterocycles. The van der Waals surface area contributed by atoms with Gasteiger partial charge in [-0.25, -0.2) is 0 Å². The Hall–Kier alpha value is -9.48. The summed E-state index contributed by atoms with van der Waals surface area (Å²) in [6.45, 7) is 33.2. The van der Waals surface area contributed by atoms with Gasteiger partial charge in [-0.2, -0.15) is 10.5 Å². The van der Waals surface area contributed by atoms with Crippen LogP contribution in [0.15, 0.2) is 299 Å². The number of benzene rings is 4. The van der Waals surface area contributed by atoms with E-state index in [1.54, 1.807) is 0 Å². The van der Waals surface area contributed by atoms with E-state index in [-0.39, 0.29) is 0 Å². The monoisotopic (exact) mass is 1100 g/mol. The summed E-state index contributed by atoms with van der Waals surface area (Å²) in [6, 6.07) is 38.2. The molecule has 4 nitrogen and oxygen atoms in total. The largest absolute Gasteiger partial charge is 0.311 e. The number of allylic oxidation sites excluding steroid dienone is 36. The van der Waals surface area contributed by atoms with Gasteiger partial charge in [0, 0.05) is 34.1 Å². The Kier molecular flexibility index (Phi) is 28.2. The Balaban J connectivity index is 1.90. The first-order valence-corrected chi connectivity index (χ1v) is 29.3. The second-order valence-electron chi connectivity index (χ2n) is 19.5. The lowest BCUT2D eigenvalue weighted by molar-refractivity contribution is 1.19. The predicted octanol–water partition coefficient (Wildman–Crippen LogP) is 23.5. The molecular weight excluding hydrogens is 1020 g/mol. The predicted molar refractivity (Wildman–Crippen MR) is 370 cm³/mol. The van der Waals surface area contributed by atoms with Crippen molar-refractivity contribution >= 4 is 45.0 Å². The van der Waals surface area contributed by atoms with E-state index in [1.807, 2.05) is 102 Å². The Morgan fingerprint density at radius 1 is 0.321 bits per heavy atom.